The third kappa shape index (κ3) is 6.77. The van der Waals surface area contributed by atoms with Gasteiger partial charge in [0.1, 0.15) is 22.1 Å². The molecule has 8 heterocycles. The van der Waals surface area contributed by atoms with Gasteiger partial charge in [-0.05, 0) is 136 Å². The summed E-state index contributed by atoms with van der Waals surface area (Å²) in [5.41, 5.74) is 11.6. The highest BCUT2D eigenvalue weighted by Gasteiger charge is 2.25. The molecule has 0 fully saturated rings. The van der Waals surface area contributed by atoms with Crippen molar-refractivity contribution in [1.29, 1.82) is 0 Å². The predicted molar refractivity (Wildman–Crippen MR) is 289 cm³/mol. The van der Waals surface area contributed by atoms with Crippen molar-refractivity contribution >= 4 is 155 Å². The second-order valence-electron chi connectivity index (χ2n) is 17.9. The molecule has 0 aliphatic rings. The third-order valence-corrected chi connectivity index (χ3v) is 20.1. The van der Waals surface area contributed by atoms with Crippen LogP contribution in [0.2, 0.25) is 0 Å². The van der Waals surface area contributed by atoms with Gasteiger partial charge in [-0.25, -0.2) is 0 Å². The van der Waals surface area contributed by atoms with Crippen molar-refractivity contribution in [3.63, 3.8) is 0 Å². The monoisotopic (exact) mass is 978 g/mol. The molecule has 4 nitrogen and oxygen atoms in total. The maximum atomic E-state index is 5.03. The van der Waals surface area contributed by atoms with Crippen LogP contribution >= 0.6 is 91.5 Å². The molecular weight excluding hydrogens is 937 g/mol. The van der Waals surface area contributed by atoms with Crippen molar-refractivity contribution in [2.45, 2.75) is 68.2 Å². The fraction of sp³-hybridized carbons (Fsp3) is 0.231. The zero-order valence-electron chi connectivity index (χ0n) is 36.6. The maximum Gasteiger partial charge on any atom is 0.114 e. The minimum absolute atomic E-state index is 0.492. The van der Waals surface area contributed by atoms with Crippen molar-refractivity contribution in [3.05, 3.63) is 103 Å². The van der Waals surface area contributed by atoms with Crippen LogP contribution in [0.5, 0.6) is 0 Å². The molecule has 0 amide bonds. The maximum absolute atomic E-state index is 5.03. The van der Waals surface area contributed by atoms with Gasteiger partial charge in [0.2, 0.25) is 0 Å². The molecule has 0 aliphatic heterocycles. The number of aryl methyl sites for hydroxylation is 4. The number of hydrogen-bond acceptors (Lipinski definition) is 12. The van der Waals surface area contributed by atoms with Crippen LogP contribution in [0.3, 0.4) is 0 Å². The highest BCUT2D eigenvalue weighted by Crippen LogP contribution is 2.52. The Labute approximate surface area is 404 Å². The summed E-state index contributed by atoms with van der Waals surface area (Å²) in [4.78, 5) is 13.2. The van der Waals surface area contributed by atoms with E-state index in [0.717, 1.165) is 56.8 Å². The minimum atomic E-state index is 0.492. The molecule has 0 spiro atoms. The van der Waals surface area contributed by atoms with Gasteiger partial charge < -0.3 is 0 Å². The molecule has 318 valence electrons. The Hall–Kier alpha value is -4.24. The van der Waals surface area contributed by atoms with Crippen molar-refractivity contribution in [3.8, 4) is 51.5 Å². The first kappa shape index (κ1) is 41.2. The number of fused-ring (bicyclic) bond motifs is 10. The van der Waals surface area contributed by atoms with Gasteiger partial charge in [0, 0.05) is 113 Å². The van der Waals surface area contributed by atoms with Crippen LogP contribution in [0.15, 0.2) is 72.8 Å². The van der Waals surface area contributed by atoms with Gasteiger partial charge in [-0.1, -0.05) is 27.7 Å². The van der Waals surface area contributed by atoms with Crippen LogP contribution in [0.25, 0.3) is 115 Å². The number of aromatic nitrogens is 4. The van der Waals surface area contributed by atoms with Gasteiger partial charge in [-0.15, -0.1) is 68.0 Å². The molecule has 8 aromatic heterocycles. The lowest BCUT2D eigenvalue weighted by Gasteiger charge is -2.10. The van der Waals surface area contributed by atoms with E-state index in [-0.39, 0.29) is 0 Å². The summed E-state index contributed by atoms with van der Waals surface area (Å²) in [7, 11) is 0. The van der Waals surface area contributed by atoms with Gasteiger partial charge in [0.25, 0.3) is 0 Å². The summed E-state index contributed by atoms with van der Waals surface area (Å²) >= 11 is 14.1. The molecule has 0 unspecified atom stereocenters. The van der Waals surface area contributed by atoms with Crippen LogP contribution in [0.1, 0.15) is 58.3 Å². The molecule has 0 N–H and O–H groups in total. The third-order valence-electron chi connectivity index (χ3n) is 12.2. The summed E-state index contributed by atoms with van der Waals surface area (Å²) in [5, 5.41) is 7.59. The van der Waals surface area contributed by atoms with Crippen molar-refractivity contribution in [1.82, 2.24) is 17.5 Å². The Kier molecular flexibility index (Phi) is 10.1. The molecule has 12 rings (SSSR count). The average molecular weight is 979 g/mol. The van der Waals surface area contributed by atoms with Crippen LogP contribution in [0.4, 0.5) is 0 Å². The molecule has 0 saturated carbocycles. The first-order valence-electron chi connectivity index (χ1n) is 21.6. The summed E-state index contributed by atoms with van der Waals surface area (Å²) < 4.78 is 22.7. The van der Waals surface area contributed by atoms with E-state index in [2.05, 4.69) is 128 Å². The first-order chi connectivity index (χ1) is 30.9. The Morgan fingerprint density at radius 3 is 1.45 bits per heavy atom. The van der Waals surface area contributed by atoms with Gasteiger partial charge in [-0.2, -0.15) is 17.5 Å². The lowest BCUT2D eigenvalue weighted by Crippen LogP contribution is -1.93. The number of hydrogen-bond donors (Lipinski definition) is 0. The summed E-state index contributed by atoms with van der Waals surface area (Å²) in [6.45, 7) is 18.2. The molecule has 0 atom stereocenters. The summed E-state index contributed by atoms with van der Waals surface area (Å²) in [6.07, 6.45) is 2.06. The largest absolute Gasteiger partial charge is 0.172 e. The summed E-state index contributed by atoms with van der Waals surface area (Å²) in [5.74, 6) is 1.09. The Morgan fingerprint density at radius 2 is 0.891 bits per heavy atom. The molecule has 0 radical (unpaired) electrons. The van der Waals surface area contributed by atoms with Crippen molar-refractivity contribution in [2.75, 3.05) is 0 Å². The molecule has 64 heavy (non-hydrogen) atoms. The van der Waals surface area contributed by atoms with Crippen LogP contribution in [-0.4, -0.2) is 17.5 Å². The molecule has 0 bridgehead atoms. The van der Waals surface area contributed by atoms with E-state index in [9.17, 15) is 0 Å². The zero-order valence-corrected chi connectivity index (χ0v) is 43.1. The number of nitrogens with zero attached hydrogens (tertiary/aromatic N) is 4. The number of rotatable bonds is 9. The standard InChI is InChI=1S/C52H42N4S8/c1-23(2)13-29-16-43(60-28(29)8)39-20-33-34(46-48(39)55-63-53-46)21-40(49-47(33)54-64-56-49)44-17-30(14-24(3)4)50(61-44)45-22-38-32(42-12-10-26(6)58-42)19-36-37(52(38)62-45)18-31(41-11-9-25(5)57-41)35-15-27(7)59-51(35)36/h9-12,15-24H,13-14H2,1-8H3. The fourth-order valence-corrected chi connectivity index (χ4v) is 17.1. The lowest BCUT2D eigenvalue weighted by atomic mass is 9.96. The predicted octanol–water partition coefficient (Wildman–Crippen LogP) is 18.6. The smallest absolute Gasteiger partial charge is 0.114 e. The van der Waals surface area contributed by atoms with E-state index >= 15 is 0 Å². The Morgan fingerprint density at radius 1 is 0.391 bits per heavy atom. The highest BCUT2D eigenvalue weighted by molar-refractivity contribution is 7.28. The van der Waals surface area contributed by atoms with Crippen molar-refractivity contribution < 1.29 is 0 Å². The van der Waals surface area contributed by atoms with Gasteiger partial charge in [0.05, 0.1) is 23.5 Å². The Bertz CT molecular complexity index is 3810. The second kappa shape index (κ2) is 15.7. The van der Waals surface area contributed by atoms with E-state index in [4.69, 9.17) is 17.5 Å². The highest BCUT2D eigenvalue weighted by atomic mass is 32.1. The fourth-order valence-electron chi connectivity index (χ4n) is 9.45. The first-order valence-corrected chi connectivity index (χ1v) is 28.0. The lowest BCUT2D eigenvalue weighted by molar-refractivity contribution is 0.647. The summed E-state index contributed by atoms with van der Waals surface area (Å²) in [6, 6.07) is 28.5. The topological polar surface area (TPSA) is 51.6 Å². The van der Waals surface area contributed by atoms with Crippen LogP contribution in [0, 0.1) is 39.5 Å². The van der Waals surface area contributed by atoms with Crippen LogP contribution in [-0.2, 0) is 12.8 Å². The van der Waals surface area contributed by atoms with Crippen LogP contribution < -0.4 is 0 Å². The van der Waals surface area contributed by atoms with Gasteiger partial charge >= 0.3 is 0 Å². The molecule has 4 aromatic carbocycles. The second-order valence-corrected chi connectivity index (χ2v) is 26.2. The van der Waals surface area contributed by atoms with Gasteiger partial charge in [-0.3, -0.25) is 0 Å². The molecule has 12 heteroatoms. The zero-order chi connectivity index (χ0) is 43.7. The van der Waals surface area contributed by atoms with E-state index in [1.807, 2.05) is 68.0 Å². The SMILES string of the molecule is Cc1ccc(-c2cc3c(cc(-c4ccc(C)s4)c4cc(-c5sc(-c6cc7c(cc(-c8cc(CC(C)C)c(C)s8)c8nsnc87)c7nsnc67)cc5CC(C)C)sc43)c3sc(C)cc23)s1. The van der Waals surface area contributed by atoms with E-state index in [1.165, 1.54) is 125 Å². The van der Waals surface area contributed by atoms with Gasteiger partial charge in [0.15, 0.2) is 0 Å². The normalized spacial score (nSPS) is 12.5. The van der Waals surface area contributed by atoms with E-state index in [0.29, 0.717) is 11.8 Å². The molecule has 0 aliphatic carbocycles. The van der Waals surface area contributed by atoms with Crippen molar-refractivity contribution in [2.24, 2.45) is 11.8 Å². The quantitative estimate of drug-likeness (QED) is 0.145. The minimum Gasteiger partial charge on any atom is -0.172 e. The average Bonchev–Trinajstić information content (AvgIpc) is 4.11. The number of thiophene rings is 6. The Balaban J connectivity index is 1.07. The number of benzene rings is 4. The molecule has 12 aromatic rings. The molecular formula is C52H42N4S8. The molecule has 0 saturated heterocycles. The van der Waals surface area contributed by atoms with E-state index < -0.39 is 0 Å². The van der Waals surface area contributed by atoms with E-state index in [1.54, 1.807) is 0 Å².